The van der Waals surface area contributed by atoms with Crippen molar-refractivity contribution in [3.05, 3.63) is 63.2 Å². The minimum atomic E-state index is -0.102. The highest BCUT2D eigenvalue weighted by Crippen LogP contribution is 2.23. The number of aryl methyl sites for hydroxylation is 1. The fourth-order valence-electron chi connectivity index (χ4n) is 2.24. The zero-order valence-electron chi connectivity index (χ0n) is 11.7. The fourth-order valence-corrected chi connectivity index (χ4v) is 2.89. The first kappa shape index (κ1) is 15.0. The summed E-state index contributed by atoms with van der Waals surface area (Å²) in [6.07, 6.45) is 0.791. The predicted molar refractivity (Wildman–Crippen MR) is 92.0 cm³/mol. The van der Waals surface area contributed by atoms with Gasteiger partial charge in [-0.1, -0.05) is 37.3 Å². The number of benzene rings is 2. The molecule has 0 aliphatic carbocycles. The molecule has 20 heavy (non-hydrogen) atoms. The molecule has 0 saturated carbocycles. The molecule has 2 rings (SSSR count). The molecule has 1 atom stereocenters. The van der Waals surface area contributed by atoms with Crippen molar-refractivity contribution in [1.82, 2.24) is 0 Å². The minimum absolute atomic E-state index is 0.0583. The van der Waals surface area contributed by atoms with Crippen LogP contribution < -0.4 is 5.32 Å². The summed E-state index contributed by atoms with van der Waals surface area (Å²) >= 11 is 2.27. The first-order valence-electron chi connectivity index (χ1n) is 6.73. The highest BCUT2D eigenvalue weighted by atomic mass is 127. The van der Waals surface area contributed by atoms with Crippen LogP contribution in [0.25, 0.3) is 0 Å². The number of anilines is 1. The van der Waals surface area contributed by atoms with Gasteiger partial charge in [0.2, 0.25) is 5.91 Å². The third-order valence-electron chi connectivity index (χ3n) is 3.37. The molecule has 0 radical (unpaired) electrons. The van der Waals surface area contributed by atoms with Crippen LogP contribution in [-0.2, 0) is 4.79 Å². The SMILES string of the molecule is CCC(C(=O)Nc1ccc(I)cc1C)c1ccccc1. The molecule has 1 N–H and O–H groups in total. The predicted octanol–water partition coefficient (Wildman–Crippen LogP) is 4.73. The first-order chi connectivity index (χ1) is 9.61. The lowest BCUT2D eigenvalue weighted by Crippen LogP contribution is -2.21. The molecule has 0 aliphatic heterocycles. The van der Waals surface area contributed by atoms with Gasteiger partial charge in [-0.2, -0.15) is 0 Å². The summed E-state index contributed by atoms with van der Waals surface area (Å²) in [5, 5.41) is 3.04. The van der Waals surface area contributed by atoms with E-state index in [-0.39, 0.29) is 11.8 Å². The van der Waals surface area contributed by atoms with E-state index in [1.807, 2.05) is 56.3 Å². The van der Waals surface area contributed by atoms with E-state index >= 15 is 0 Å². The standard InChI is InChI=1S/C17H18INO/c1-3-15(13-7-5-4-6-8-13)17(20)19-16-10-9-14(18)11-12(16)2/h4-11,15H,3H2,1-2H3,(H,19,20). The van der Waals surface area contributed by atoms with Crippen LogP contribution in [0.2, 0.25) is 0 Å². The molecule has 2 aromatic rings. The number of carbonyl (C=O) groups is 1. The van der Waals surface area contributed by atoms with E-state index in [2.05, 4.69) is 34.0 Å². The Morgan fingerprint density at radius 1 is 1.20 bits per heavy atom. The summed E-state index contributed by atoms with van der Waals surface area (Å²) in [6.45, 7) is 4.05. The number of rotatable bonds is 4. The van der Waals surface area contributed by atoms with Crippen molar-refractivity contribution in [2.75, 3.05) is 5.32 Å². The van der Waals surface area contributed by atoms with Crippen molar-refractivity contribution in [2.45, 2.75) is 26.2 Å². The second kappa shape index (κ2) is 6.88. The molecule has 0 fully saturated rings. The molecule has 2 nitrogen and oxygen atoms in total. The van der Waals surface area contributed by atoms with Gasteiger partial charge < -0.3 is 5.32 Å². The number of amides is 1. The van der Waals surface area contributed by atoms with E-state index in [4.69, 9.17) is 0 Å². The smallest absolute Gasteiger partial charge is 0.231 e. The van der Waals surface area contributed by atoms with Gasteiger partial charge in [0, 0.05) is 9.26 Å². The zero-order valence-corrected chi connectivity index (χ0v) is 13.8. The van der Waals surface area contributed by atoms with E-state index in [9.17, 15) is 4.79 Å². The number of carbonyl (C=O) groups excluding carboxylic acids is 1. The normalized spacial score (nSPS) is 11.9. The molecular weight excluding hydrogens is 361 g/mol. The maximum atomic E-state index is 12.5. The van der Waals surface area contributed by atoms with Crippen molar-refractivity contribution >= 4 is 34.2 Å². The highest BCUT2D eigenvalue weighted by molar-refractivity contribution is 14.1. The van der Waals surface area contributed by atoms with Crippen LogP contribution in [0.1, 0.15) is 30.4 Å². The average Bonchev–Trinajstić information content (AvgIpc) is 2.44. The lowest BCUT2D eigenvalue weighted by molar-refractivity contribution is -0.117. The second-order valence-corrected chi connectivity index (χ2v) is 6.07. The van der Waals surface area contributed by atoms with Gasteiger partial charge >= 0.3 is 0 Å². The van der Waals surface area contributed by atoms with E-state index in [0.717, 1.165) is 23.2 Å². The van der Waals surface area contributed by atoms with Gasteiger partial charge in [-0.05, 0) is 65.3 Å². The van der Waals surface area contributed by atoms with E-state index < -0.39 is 0 Å². The fraction of sp³-hybridized carbons (Fsp3) is 0.235. The number of halogens is 1. The van der Waals surface area contributed by atoms with Crippen LogP contribution in [0.3, 0.4) is 0 Å². The maximum Gasteiger partial charge on any atom is 0.231 e. The highest BCUT2D eigenvalue weighted by Gasteiger charge is 2.18. The van der Waals surface area contributed by atoms with Crippen LogP contribution in [0.15, 0.2) is 48.5 Å². The van der Waals surface area contributed by atoms with Gasteiger partial charge in [0.25, 0.3) is 0 Å². The summed E-state index contributed by atoms with van der Waals surface area (Å²) in [5.41, 5.74) is 3.05. The molecule has 0 bridgehead atoms. The molecule has 0 aliphatic rings. The number of hydrogen-bond donors (Lipinski definition) is 1. The monoisotopic (exact) mass is 379 g/mol. The number of nitrogens with one attached hydrogen (secondary N) is 1. The Bertz CT molecular complexity index is 595. The van der Waals surface area contributed by atoms with Gasteiger partial charge in [-0.25, -0.2) is 0 Å². The molecule has 104 valence electrons. The molecule has 1 unspecified atom stereocenters. The van der Waals surface area contributed by atoms with Gasteiger partial charge in [0.15, 0.2) is 0 Å². The summed E-state index contributed by atoms with van der Waals surface area (Å²) in [4.78, 5) is 12.5. The van der Waals surface area contributed by atoms with Crippen LogP contribution in [0.4, 0.5) is 5.69 Å². The Hall–Kier alpha value is -1.36. The summed E-state index contributed by atoms with van der Waals surface area (Å²) < 4.78 is 1.17. The van der Waals surface area contributed by atoms with Crippen molar-refractivity contribution in [1.29, 1.82) is 0 Å². The van der Waals surface area contributed by atoms with Crippen molar-refractivity contribution in [2.24, 2.45) is 0 Å². The topological polar surface area (TPSA) is 29.1 Å². The Morgan fingerprint density at radius 2 is 1.90 bits per heavy atom. The Morgan fingerprint density at radius 3 is 2.50 bits per heavy atom. The van der Waals surface area contributed by atoms with Crippen LogP contribution in [-0.4, -0.2) is 5.91 Å². The zero-order chi connectivity index (χ0) is 14.5. The summed E-state index contributed by atoms with van der Waals surface area (Å²) in [5.74, 6) is -0.0436. The Labute approximate surface area is 133 Å². The van der Waals surface area contributed by atoms with Crippen LogP contribution in [0.5, 0.6) is 0 Å². The molecule has 0 saturated heterocycles. The average molecular weight is 379 g/mol. The van der Waals surface area contributed by atoms with Crippen molar-refractivity contribution in [3.8, 4) is 0 Å². The van der Waals surface area contributed by atoms with Crippen molar-refractivity contribution in [3.63, 3.8) is 0 Å². The molecular formula is C17H18INO. The minimum Gasteiger partial charge on any atom is -0.325 e. The van der Waals surface area contributed by atoms with Gasteiger partial charge in [0.1, 0.15) is 0 Å². The third kappa shape index (κ3) is 3.60. The molecule has 0 aromatic heterocycles. The van der Waals surface area contributed by atoms with Gasteiger partial charge in [-0.15, -0.1) is 0 Å². The summed E-state index contributed by atoms with van der Waals surface area (Å²) in [7, 11) is 0. The lowest BCUT2D eigenvalue weighted by atomic mass is 9.95. The van der Waals surface area contributed by atoms with Crippen LogP contribution in [0, 0.1) is 10.5 Å². The molecule has 2 aromatic carbocycles. The second-order valence-electron chi connectivity index (χ2n) is 4.82. The molecule has 1 amide bonds. The van der Waals surface area contributed by atoms with Gasteiger partial charge in [-0.3, -0.25) is 4.79 Å². The first-order valence-corrected chi connectivity index (χ1v) is 7.81. The van der Waals surface area contributed by atoms with Gasteiger partial charge in [0.05, 0.1) is 5.92 Å². The molecule has 0 heterocycles. The lowest BCUT2D eigenvalue weighted by Gasteiger charge is -2.16. The van der Waals surface area contributed by atoms with Crippen molar-refractivity contribution < 1.29 is 4.79 Å². The Kier molecular flexibility index (Phi) is 5.17. The molecule has 0 spiro atoms. The maximum absolute atomic E-state index is 12.5. The molecule has 3 heteroatoms. The Balaban J connectivity index is 2.18. The largest absolute Gasteiger partial charge is 0.325 e. The van der Waals surface area contributed by atoms with E-state index in [1.54, 1.807) is 0 Å². The quantitative estimate of drug-likeness (QED) is 0.765. The van der Waals surface area contributed by atoms with Crippen LogP contribution >= 0.6 is 22.6 Å². The number of hydrogen-bond acceptors (Lipinski definition) is 1. The van der Waals surface area contributed by atoms with E-state index in [0.29, 0.717) is 0 Å². The van der Waals surface area contributed by atoms with E-state index in [1.165, 1.54) is 3.57 Å². The summed E-state index contributed by atoms with van der Waals surface area (Å²) in [6, 6.07) is 16.0. The third-order valence-corrected chi connectivity index (χ3v) is 4.04.